The predicted octanol–water partition coefficient (Wildman–Crippen LogP) is 3.42. The van der Waals surface area contributed by atoms with Gasteiger partial charge in [0.15, 0.2) is 5.78 Å². The van der Waals surface area contributed by atoms with Gasteiger partial charge in [-0.1, -0.05) is 35.5 Å². The van der Waals surface area contributed by atoms with E-state index in [1.54, 1.807) is 13.0 Å². The van der Waals surface area contributed by atoms with Crippen LogP contribution < -0.4 is 10.1 Å². The molecule has 9 heteroatoms. The standard InChI is InChI=1S/C26H28N4O5/c1-18-15-24(26(32)28-23(25(31)17-27-33)16-19-5-3-2-4-6-19)30(29-18)20-7-9-21(10-8-20)35-22-11-13-34-14-12-22/h2-10,15,22-23H,11-14,16-17H2,1H3,(H,28,32). The van der Waals surface area contributed by atoms with Crippen LogP contribution in [0.2, 0.25) is 0 Å². The van der Waals surface area contributed by atoms with E-state index in [0.717, 1.165) is 24.2 Å². The van der Waals surface area contributed by atoms with Crippen molar-refractivity contribution in [1.82, 2.24) is 15.1 Å². The average Bonchev–Trinajstić information content (AvgIpc) is 3.27. The molecule has 182 valence electrons. The number of benzene rings is 2. The highest BCUT2D eigenvalue weighted by Crippen LogP contribution is 2.21. The first-order valence-electron chi connectivity index (χ1n) is 11.6. The Morgan fingerprint density at radius 1 is 1.14 bits per heavy atom. The molecule has 2 heterocycles. The first-order chi connectivity index (χ1) is 17.0. The number of hydrogen-bond donors (Lipinski definition) is 1. The van der Waals surface area contributed by atoms with Crippen molar-refractivity contribution in [1.29, 1.82) is 0 Å². The first-order valence-corrected chi connectivity index (χ1v) is 11.6. The van der Waals surface area contributed by atoms with Gasteiger partial charge in [-0.3, -0.25) is 9.59 Å². The Bertz CT molecular complexity index is 1150. The summed E-state index contributed by atoms with van der Waals surface area (Å²) < 4.78 is 12.9. The van der Waals surface area contributed by atoms with E-state index in [2.05, 4.69) is 15.6 Å². The number of amides is 1. The summed E-state index contributed by atoms with van der Waals surface area (Å²) in [4.78, 5) is 36.5. The molecule has 1 unspecified atom stereocenters. The minimum absolute atomic E-state index is 0.128. The molecular weight excluding hydrogens is 448 g/mol. The molecule has 0 bridgehead atoms. The number of aryl methyl sites for hydroxylation is 1. The largest absolute Gasteiger partial charge is 0.490 e. The number of aromatic nitrogens is 2. The summed E-state index contributed by atoms with van der Waals surface area (Å²) in [5, 5.41) is 9.95. The van der Waals surface area contributed by atoms with Gasteiger partial charge in [0.05, 0.1) is 30.6 Å². The molecule has 4 rings (SSSR count). The van der Waals surface area contributed by atoms with E-state index >= 15 is 0 Å². The molecule has 1 aliphatic rings. The lowest BCUT2D eigenvalue weighted by Gasteiger charge is -2.23. The first kappa shape index (κ1) is 24.3. The van der Waals surface area contributed by atoms with Gasteiger partial charge in [0.1, 0.15) is 24.1 Å². The Balaban J connectivity index is 1.51. The monoisotopic (exact) mass is 476 g/mol. The van der Waals surface area contributed by atoms with Crippen LogP contribution in [0, 0.1) is 11.8 Å². The molecule has 1 fully saturated rings. The Morgan fingerprint density at radius 3 is 2.54 bits per heavy atom. The Labute approximate surface area is 203 Å². The summed E-state index contributed by atoms with van der Waals surface area (Å²) >= 11 is 0. The Morgan fingerprint density at radius 2 is 1.86 bits per heavy atom. The lowest BCUT2D eigenvalue weighted by Crippen LogP contribution is -2.44. The molecule has 1 N–H and O–H groups in total. The number of hydrogen-bond acceptors (Lipinski definition) is 7. The summed E-state index contributed by atoms with van der Waals surface area (Å²) in [6.07, 6.45) is 2.09. The summed E-state index contributed by atoms with van der Waals surface area (Å²) in [7, 11) is 0. The van der Waals surface area contributed by atoms with Crippen LogP contribution in [-0.2, 0) is 16.0 Å². The Kier molecular flexibility index (Phi) is 7.99. The molecule has 0 radical (unpaired) electrons. The van der Waals surface area contributed by atoms with Gasteiger partial charge < -0.3 is 14.8 Å². The predicted molar refractivity (Wildman–Crippen MR) is 130 cm³/mol. The van der Waals surface area contributed by atoms with Crippen molar-refractivity contribution in [3.05, 3.63) is 82.5 Å². The number of nitrogens with zero attached hydrogens (tertiary/aromatic N) is 3. The smallest absolute Gasteiger partial charge is 0.270 e. The molecule has 1 aliphatic heterocycles. The molecule has 9 nitrogen and oxygen atoms in total. The molecule has 1 aromatic heterocycles. The van der Waals surface area contributed by atoms with Crippen LogP contribution in [0.25, 0.3) is 5.69 Å². The average molecular weight is 477 g/mol. The maximum Gasteiger partial charge on any atom is 0.270 e. The van der Waals surface area contributed by atoms with Crippen molar-refractivity contribution in [2.24, 2.45) is 5.18 Å². The summed E-state index contributed by atoms with van der Waals surface area (Å²) in [5.41, 5.74) is 2.48. The maximum atomic E-state index is 13.2. The van der Waals surface area contributed by atoms with Gasteiger partial charge >= 0.3 is 0 Å². The SMILES string of the molecule is Cc1cc(C(=O)NC(Cc2ccccc2)C(=O)CN=O)n(-c2ccc(OC3CCOCC3)cc2)n1. The number of nitroso groups, excluding NO2 is 1. The molecule has 1 atom stereocenters. The van der Waals surface area contributed by atoms with E-state index in [-0.39, 0.29) is 18.2 Å². The van der Waals surface area contributed by atoms with Crippen molar-refractivity contribution < 1.29 is 19.1 Å². The van der Waals surface area contributed by atoms with E-state index in [1.165, 1.54) is 4.68 Å². The highest BCUT2D eigenvalue weighted by atomic mass is 16.5. The second kappa shape index (κ2) is 11.5. The highest BCUT2D eigenvalue weighted by molar-refractivity contribution is 5.97. The van der Waals surface area contributed by atoms with Crippen LogP contribution in [0.4, 0.5) is 0 Å². The molecule has 1 amide bonds. The van der Waals surface area contributed by atoms with Gasteiger partial charge in [-0.15, -0.1) is 0 Å². The third-order valence-corrected chi connectivity index (χ3v) is 5.81. The number of carbonyl (C=O) groups is 2. The van der Waals surface area contributed by atoms with Gasteiger partial charge in [0.2, 0.25) is 0 Å². The van der Waals surface area contributed by atoms with Crippen molar-refractivity contribution >= 4 is 11.7 Å². The normalized spacial score (nSPS) is 14.8. The lowest BCUT2D eigenvalue weighted by molar-refractivity contribution is -0.119. The van der Waals surface area contributed by atoms with Crippen molar-refractivity contribution in [3.8, 4) is 11.4 Å². The van der Waals surface area contributed by atoms with Gasteiger partial charge in [0.25, 0.3) is 5.91 Å². The van der Waals surface area contributed by atoms with Gasteiger partial charge in [-0.2, -0.15) is 10.0 Å². The van der Waals surface area contributed by atoms with E-state index < -0.39 is 24.3 Å². The minimum atomic E-state index is -0.887. The quantitative estimate of drug-likeness (QED) is 0.449. The van der Waals surface area contributed by atoms with Crippen LogP contribution >= 0.6 is 0 Å². The number of nitrogens with one attached hydrogen (secondary N) is 1. The lowest BCUT2D eigenvalue weighted by atomic mass is 10.0. The second-order valence-electron chi connectivity index (χ2n) is 8.48. The zero-order chi connectivity index (χ0) is 24.6. The molecule has 3 aromatic rings. The molecule has 1 saturated heterocycles. The molecule has 0 aliphatic carbocycles. The van der Waals surface area contributed by atoms with Crippen LogP contribution in [0.3, 0.4) is 0 Å². The highest BCUT2D eigenvalue weighted by Gasteiger charge is 2.24. The van der Waals surface area contributed by atoms with Crippen LogP contribution in [0.1, 0.15) is 34.6 Å². The number of ether oxygens (including phenoxy) is 2. The van der Waals surface area contributed by atoms with Crippen molar-refractivity contribution in [2.75, 3.05) is 19.8 Å². The topological polar surface area (TPSA) is 112 Å². The van der Waals surface area contributed by atoms with Gasteiger partial charge in [-0.25, -0.2) is 4.68 Å². The summed E-state index contributed by atoms with van der Waals surface area (Å²) in [6.45, 7) is 2.68. The van der Waals surface area contributed by atoms with Crippen LogP contribution in [-0.4, -0.2) is 53.4 Å². The number of rotatable bonds is 10. The zero-order valence-corrected chi connectivity index (χ0v) is 19.6. The van der Waals surface area contributed by atoms with Crippen LogP contribution in [0.15, 0.2) is 65.8 Å². The Hall–Kier alpha value is -3.85. The zero-order valence-electron chi connectivity index (χ0n) is 19.6. The van der Waals surface area contributed by atoms with Crippen molar-refractivity contribution in [2.45, 2.75) is 38.3 Å². The van der Waals surface area contributed by atoms with E-state index in [9.17, 15) is 14.5 Å². The number of ketones is 1. The fourth-order valence-corrected chi connectivity index (χ4v) is 4.01. The van der Waals surface area contributed by atoms with Crippen molar-refractivity contribution in [3.63, 3.8) is 0 Å². The third-order valence-electron chi connectivity index (χ3n) is 5.81. The van der Waals surface area contributed by atoms with E-state index in [1.807, 2.05) is 54.6 Å². The molecular formula is C26H28N4O5. The molecule has 0 saturated carbocycles. The van der Waals surface area contributed by atoms with Gasteiger partial charge in [0, 0.05) is 12.8 Å². The third kappa shape index (κ3) is 6.39. The molecule has 0 spiro atoms. The fourth-order valence-electron chi connectivity index (χ4n) is 4.01. The number of Topliss-reactive ketones (excluding diaryl/α,β-unsaturated/α-hetero) is 1. The molecule has 2 aromatic carbocycles. The fraction of sp³-hybridized carbons (Fsp3) is 0.346. The number of carbonyl (C=O) groups excluding carboxylic acids is 2. The van der Waals surface area contributed by atoms with E-state index in [0.29, 0.717) is 24.6 Å². The second-order valence-corrected chi connectivity index (χ2v) is 8.48. The summed E-state index contributed by atoms with van der Waals surface area (Å²) in [5.74, 6) is -0.173. The van der Waals surface area contributed by atoms with Gasteiger partial charge in [-0.05, 0) is 49.2 Å². The minimum Gasteiger partial charge on any atom is -0.490 e. The van der Waals surface area contributed by atoms with E-state index in [4.69, 9.17) is 9.47 Å². The maximum absolute atomic E-state index is 13.2. The van der Waals surface area contributed by atoms with Crippen LogP contribution in [0.5, 0.6) is 5.75 Å². The molecule has 35 heavy (non-hydrogen) atoms. The summed E-state index contributed by atoms with van der Waals surface area (Å²) in [6, 6.07) is 17.4.